The molecule has 6 heteroatoms. The zero-order valence-electron chi connectivity index (χ0n) is 11.2. The molecule has 2 heterocycles. The zero-order chi connectivity index (χ0) is 14.9. The number of hydrogen-bond acceptors (Lipinski definition) is 3. The molecule has 1 fully saturated rings. The summed E-state index contributed by atoms with van der Waals surface area (Å²) < 4.78 is 6.22. The van der Waals surface area contributed by atoms with Crippen molar-refractivity contribution in [3.63, 3.8) is 0 Å². The lowest BCUT2D eigenvalue weighted by atomic mass is 9.73. The summed E-state index contributed by atoms with van der Waals surface area (Å²) in [7, 11) is 0. The van der Waals surface area contributed by atoms with Crippen LogP contribution < -0.4 is 0 Å². The van der Waals surface area contributed by atoms with Crippen LogP contribution in [0.5, 0.6) is 0 Å². The summed E-state index contributed by atoms with van der Waals surface area (Å²) in [5.74, 6) is 0.687. The lowest BCUT2D eigenvalue weighted by Gasteiger charge is -2.36. The van der Waals surface area contributed by atoms with Crippen LogP contribution in [0.25, 0.3) is 0 Å². The average Bonchev–Trinajstić information content (AvgIpc) is 2.53. The fourth-order valence-electron chi connectivity index (χ4n) is 2.73. The highest BCUT2D eigenvalue weighted by atomic mass is 127. The van der Waals surface area contributed by atoms with Crippen molar-refractivity contribution in [2.24, 2.45) is 0 Å². The van der Waals surface area contributed by atoms with Gasteiger partial charge in [-0.25, -0.2) is 9.97 Å². The smallest absolute Gasteiger partial charge is 0.147 e. The molecular weight excluding hydrogens is 422 g/mol. The first kappa shape index (κ1) is 15.5. The van der Waals surface area contributed by atoms with Gasteiger partial charge < -0.3 is 4.74 Å². The van der Waals surface area contributed by atoms with Crippen LogP contribution in [0.1, 0.15) is 24.2 Å². The van der Waals surface area contributed by atoms with E-state index in [1.54, 1.807) is 0 Å². The van der Waals surface area contributed by atoms with Crippen LogP contribution in [0.2, 0.25) is 10.3 Å². The first-order valence-electron chi connectivity index (χ1n) is 6.66. The van der Waals surface area contributed by atoms with Gasteiger partial charge in [-0.05, 0) is 41.0 Å². The lowest BCUT2D eigenvalue weighted by Crippen LogP contribution is -2.37. The zero-order valence-corrected chi connectivity index (χ0v) is 14.8. The number of nitrogens with zero attached hydrogens (tertiary/aromatic N) is 2. The van der Waals surface area contributed by atoms with Crippen LogP contribution >= 0.6 is 45.8 Å². The van der Waals surface area contributed by atoms with Gasteiger partial charge in [-0.2, -0.15) is 0 Å². The van der Waals surface area contributed by atoms with E-state index in [1.807, 2.05) is 18.2 Å². The molecule has 1 saturated heterocycles. The van der Waals surface area contributed by atoms with Crippen LogP contribution in [-0.2, 0) is 10.2 Å². The SMILES string of the molecule is Clc1nc(C2(c3ccccc3)CCOCC2)nc(Cl)c1I. The Hall–Kier alpha value is -0.430. The molecule has 110 valence electrons. The fourth-order valence-corrected chi connectivity index (χ4v) is 3.36. The minimum absolute atomic E-state index is 0.281. The van der Waals surface area contributed by atoms with Gasteiger partial charge in [0.2, 0.25) is 0 Å². The molecule has 0 radical (unpaired) electrons. The maximum Gasteiger partial charge on any atom is 0.147 e. The highest BCUT2D eigenvalue weighted by Crippen LogP contribution is 2.40. The molecule has 1 aliphatic heterocycles. The van der Waals surface area contributed by atoms with Gasteiger partial charge in [-0.15, -0.1) is 0 Å². The first-order valence-corrected chi connectivity index (χ1v) is 8.49. The third kappa shape index (κ3) is 2.91. The second kappa shape index (κ2) is 6.36. The van der Waals surface area contributed by atoms with Crippen molar-refractivity contribution in [2.75, 3.05) is 13.2 Å². The van der Waals surface area contributed by atoms with Gasteiger partial charge in [0.05, 0.1) is 8.99 Å². The average molecular weight is 435 g/mol. The molecule has 1 aromatic carbocycles. The normalized spacial score (nSPS) is 17.7. The molecule has 0 bridgehead atoms. The van der Waals surface area contributed by atoms with Gasteiger partial charge in [0.15, 0.2) is 0 Å². The third-order valence-corrected chi connectivity index (χ3v) is 6.08. The Bertz CT molecular complexity index is 622. The van der Waals surface area contributed by atoms with Gasteiger partial charge >= 0.3 is 0 Å². The molecule has 0 amide bonds. The summed E-state index contributed by atoms with van der Waals surface area (Å²) in [6.07, 6.45) is 1.65. The summed E-state index contributed by atoms with van der Waals surface area (Å²) in [6.45, 7) is 1.36. The predicted octanol–water partition coefficient (Wildman–Crippen LogP) is 4.48. The van der Waals surface area contributed by atoms with Gasteiger partial charge in [0.1, 0.15) is 16.1 Å². The Balaban J connectivity index is 2.17. The highest BCUT2D eigenvalue weighted by molar-refractivity contribution is 14.1. The Morgan fingerprint density at radius 1 is 1.00 bits per heavy atom. The van der Waals surface area contributed by atoms with E-state index in [2.05, 4.69) is 44.7 Å². The van der Waals surface area contributed by atoms with E-state index in [4.69, 9.17) is 27.9 Å². The van der Waals surface area contributed by atoms with Crippen molar-refractivity contribution in [1.29, 1.82) is 0 Å². The number of halogens is 3. The monoisotopic (exact) mass is 434 g/mol. The van der Waals surface area contributed by atoms with E-state index in [9.17, 15) is 0 Å². The topological polar surface area (TPSA) is 35.0 Å². The van der Waals surface area contributed by atoms with E-state index in [0.29, 0.717) is 32.9 Å². The summed E-state index contributed by atoms with van der Waals surface area (Å²) in [5, 5.41) is 0.819. The first-order chi connectivity index (χ1) is 10.1. The maximum atomic E-state index is 6.21. The number of benzene rings is 1. The molecule has 0 unspecified atom stereocenters. The van der Waals surface area contributed by atoms with Crippen molar-refractivity contribution in [3.8, 4) is 0 Å². The maximum absolute atomic E-state index is 6.21. The van der Waals surface area contributed by atoms with Gasteiger partial charge in [-0.3, -0.25) is 0 Å². The number of rotatable bonds is 2. The second-order valence-electron chi connectivity index (χ2n) is 5.00. The Kier molecular flexibility index (Phi) is 4.69. The van der Waals surface area contributed by atoms with Crippen molar-refractivity contribution < 1.29 is 4.74 Å². The Morgan fingerprint density at radius 2 is 1.57 bits per heavy atom. The predicted molar refractivity (Wildman–Crippen MR) is 92.0 cm³/mol. The van der Waals surface area contributed by atoms with Gasteiger partial charge in [-0.1, -0.05) is 53.5 Å². The molecule has 3 nitrogen and oxygen atoms in total. The van der Waals surface area contributed by atoms with E-state index in [1.165, 1.54) is 5.56 Å². The highest BCUT2D eigenvalue weighted by Gasteiger charge is 2.39. The molecule has 0 saturated carbocycles. The lowest BCUT2D eigenvalue weighted by molar-refractivity contribution is 0.0604. The summed E-state index contributed by atoms with van der Waals surface area (Å²) >= 11 is 14.5. The minimum atomic E-state index is -0.281. The standard InChI is InChI=1S/C15H13Cl2IN2O/c16-12-11(18)13(17)20-14(19-12)15(6-8-21-9-7-15)10-4-2-1-3-5-10/h1-5H,6-9H2. The Labute approximate surface area is 147 Å². The largest absolute Gasteiger partial charge is 0.381 e. The van der Waals surface area contributed by atoms with Crippen molar-refractivity contribution in [2.45, 2.75) is 18.3 Å². The van der Waals surface area contributed by atoms with Crippen LogP contribution in [-0.4, -0.2) is 23.2 Å². The van der Waals surface area contributed by atoms with Gasteiger partial charge in [0.25, 0.3) is 0 Å². The molecule has 0 aliphatic carbocycles. The van der Waals surface area contributed by atoms with Crippen LogP contribution in [0.4, 0.5) is 0 Å². The number of hydrogen-bond donors (Lipinski definition) is 0. The van der Waals surface area contributed by atoms with E-state index in [-0.39, 0.29) is 5.41 Å². The molecule has 1 aliphatic rings. The molecule has 3 rings (SSSR count). The Morgan fingerprint density at radius 3 is 2.14 bits per heavy atom. The molecule has 0 atom stereocenters. The summed E-state index contributed by atoms with van der Waals surface area (Å²) in [4.78, 5) is 9.03. The molecular formula is C15H13Cl2IN2O. The second-order valence-corrected chi connectivity index (χ2v) is 6.80. The molecule has 0 N–H and O–H groups in total. The van der Waals surface area contributed by atoms with Crippen LogP contribution in [0.15, 0.2) is 30.3 Å². The molecule has 0 spiro atoms. The van der Waals surface area contributed by atoms with Crippen molar-refractivity contribution >= 4 is 45.8 Å². The fraction of sp³-hybridized carbons (Fsp3) is 0.333. The third-order valence-electron chi connectivity index (χ3n) is 3.87. The van der Waals surface area contributed by atoms with E-state index >= 15 is 0 Å². The quantitative estimate of drug-likeness (QED) is 0.516. The molecule has 1 aromatic heterocycles. The van der Waals surface area contributed by atoms with Crippen LogP contribution in [0, 0.1) is 3.57 Å². The van der Waals surface area contributed by atoms with Crippen molar-refractivity contribution in [3.05, 3.63) is 55.6 Å². The van der Waals surface area contributed by atoms with Crippen LogP contribution in [0.3, 0.4) is 0 Å². The summed E-state index contributed by atoms with van der Waals surface area (Å²) in [5.41, 5.74) is 0.901. The van der Waals surface area contributed by atoms with Crippen molar-refractivity contribution in [1.82, 2.24) is 9.97 Å². The molecule has 2 aromatic rings. The summed E-state index contributed by atoms with van der Waals surface area (Å²) in [6, 6.07) is 10.3. The van der Waals surface area contributed by atoms with E-state index in [0.717, 1.165) is 12.8 Å². The number of aromatic nitrogens is 2. The number of ether oxygens (including phenoxy) is 1. The van der Waals surface area contributed by atoms with Gasteiger partial charge in [0, 0.05) is 13.2 Å². The van der Waals surface area contributed by atoms with E-state index < -0.39 is 0 Å². The molecule has 21 heavy (non-hydrogen) atoms. The minimum Gasteiger partial charge on any atom is -0.381 e.